The number of nitrogens with zero attached hydrogens (tertiary/aromatic N) is 2. The van der Waals surface area contributed by atoms with E-state index in [0.29, 0.717) is 0 Å². The molecule has 0 atom stereocenters. The van der Waals surface area contributed by atoms with Crippen molar-refractivity contribution in [2.24, 2.45) is 0 Å². The summed E-state index contributed by atoms with van der Waals surface area (Å²) in [6.45, 7) is 11.6. The summed E-state index contributed by atoms with van der Waals surface area (Å²) in [7, 11) is 0. The maximum atomic E-state index is 5.52. The monoisotopic (exact) mass is 338 g/mol. The van der Waals surface area contributed by atoms with E-state index < -0.39 is 0 Å². The fraction of sp³-hybridized carbons (Fsp3) is 0.455. The van der Waals surface area contributed by atoms with Crippen molar-refractivity contribution < 1.29 is 4.74 Å². The summed E-state index contributed by atoms with van der Waals surface area (Å²) in [4.78, 5) is 5.11. The van der Waals surface area contributed by atoms with Gasteiger partial charge in [-0.05, 0) is 42.2 Å². The maximum Gasteiger partial charge on any atom is 0.119 e. The van der Waals surface area contributed by atoms with Gasteiger partial charge in [0, 0.05) is 39.3 Å². The van der Waals surface area contributed by atoms with Crippen LogP contribution in [0.5, 0.6) is 5.75 Å². The zero-order valence-corrected chi connectivity index (χ0v) is 15.6. The zero-order chi connectivity index (χ0) is 17.5. The first-order chi connectivity index (χ1) is 12.3. The average molecular weight is 338 g/mol. The lowest BCUT2D eigenvalue weighted by atomic mass is 10.1. The molecule has 0 bridgehead atoms. The summed E-state index contributed by atoms with van der Waals surface area (Å²) in [5.74, 6) is 0.963. The summed E-state index contributed by atoms with van der Waals surface area (Å²) in [6, 6.07) is 17.6. The van der Waals surface area contributed by atoms with Gasteiger partial charge in [-0.15, -0.1) is 0 Å². The molecule has 0 spiro atoms. The van der Waals surface area contributed by atoms with Crippen LogP contribution in [0.1, 0.15) is 30.5 Å². The van der Waals surface area contributed by atoms with Crippen LogP contribution >= 0.6 is 0 Å². The second-order valence-corrected chi connectivity index (χ2v) is 6.80. The summed E-state index contributed by atoms with van der Waals surface area (Å²) in [6.07, 6.45) is 1.12. The Hall–Kier alpha value is -1.84. The van der Waals surface area contributed by atoms with E-state index in [2.05, 4.69) is 65.3 Å². The van der Waals surface area contributed by atoms with Crippen molar-refractivity contribution in [1.82, 2.24) is 9.80 Å². The number of benzene rings is 2. The van der Waals surface area contributed by atoms with Crippen LogP contribution in [-0.2, 0) is 19.5 Å². The van der Waals surface area contributed by atoms with E-state index in [9.17, 15) is 0 Å². The minimum absolute atomic E-state index is 0.725. The van der Waals surface area contributed by atoms with Gasteiger partial charge >= 0.3 is 0 Å². The lowest BCUT2D eigenvalue weighted by Crippen LogP contribution is -2.45. The minimum atomic E-state index is 0.725. The first-order valence-corrected chi connectivity index (χ1v) is 9.51. The van der Waals surface area contributed by atoms with Crippen molar-refractivity contribution >= 4 is 0 Å². The van der Waals surface area contributed by atoms with Gasteiger partial charge in [-0.25, -0.2) is 0 Å². The van der Waals surface area contributed by atoms with Crippen LogP contribution in [0.4, 0.5) is 0 Å². The van der Waals surface area contributed by atoms with E-state index in [0.717, 1.165) is 58.0 Å². The Bertz CT molecular complexity index is 628. The fourth-order valence-electron chi connectivity index (χ4n) is 3.36. The molecule has 0 amide bonds. The van der Waals surface area contributed by atoms with Crippen molar-refractivity contribution in [3.05, 3.63) is 65.2 Å². The molecule has 2 aromatic rings. The Morgan fingerprint density at radius 3 is 1.56 bits per heavy atom. The highest BCUT2D eigenvalue weighted by Crippen LogP contribution is 2.16. The second-order valence-electron chi connectivity index (χ2n) is 6.80. The number of hydrogen-bond acceptors (Lipinski definition) is 3. The highest BCUT2D eigenvalue weighted by molar-refractivity contribution is 5.27. The van der Waals surface area contributed by atoms with E-state index in [1.54, 1.807) is 0 Å². The highest BCUT2D eigenvalue weighted by atomic mass is 16.5. The Balaban J connectivity index is 1.44. The molecule has 25 heavy (non-hydrogen) atoms. The van der Waals surface area contributed by atoms with Gasteiger partial charge in [0.15, 0.2) is 0 Å². The van der Waals surface area contributed by atoms with Crippen LogP contribution in [-0.4, -0.2) is 42.6 Å². The van der Waals surface area contributed by atoms with Crippen LogP contribution in [0.25, 0.3) is 0 Å². The normalized spacial score (nSPS) is 16.1. The molecule has 3 heteroatoms. The molecular weight excluding hydrogens is 308 g/mol. The molecule has 0 N–H and O–H groups in total. The van der Waals surface area contributed by atoms with Gasteiger partial charge in [0.25, 0.3) is 0 Å². The quantitative estimate of drug-likeness (QED) is 0.760. The summed E-state index contributed by atoms with van der Waals surface area (Å²) < 4.78 is 5.52. The zero-order valence-electron chi connectivity index (χ0n) is 15.6. The van der Waals surface area contributed by atoms with Crippen molar-refractivity contribution in [1.29, 1.82) is 0 Å². The van der Waals surface area contributed by atoms with Crippen molar-refractivity contribution in [3.63, 3.8) is 0 Å². The molecule has 3 rings (SSSR count). The Morgan fingerprint density at radius 1 is 0.680 bits per heavy atom. The Morgan fingerprint density at radius 2 is 1.12 bits per heavy atom. The van der Waals surface area contributed by atoms with E-state index in [1.807, 2.05) is 6.92 Å². The molecule has 134 valence electrons. The molecule has 0 saturated carbocycles. The molecule has 1 aliphatic rings. The molecule has 3 nitrogen and oxygen atoms in total. The first-order valence-electron chi connectivity index (χ1n) is 9.51. The number of ether oxygens (including phenoxy) is 1. The number of piperazine rings is 1. The topological polar surface area (TPSA) is 15.7 Å². The largest absolute Gasteiger partial charge is 0.494 e. The predicted molar refractivity (Wildman–Crippen MR) is 104 cm³/mol. The molecule has 1 heterocycles. The van der Waals surface area contributed by atoms with Crippen LogP contribution < -0.4 is 4.74 Å². The standard InChI is InChI=1S/C22H30N2O/c1-3-19-5-7-20(8-6-19)17-23-13-15-24(16-14-23)18-21-9-11-22(12-10-21)25-4-2/h5-12H,3-4,13-18H2,1-2H3. The molecule has 0 radical (unpaired) electrons. The van der Waals surface area contributed by atoms with Gasteiger partial charge in [0.05, 0.1) is 6.61 Å². The smallest absolute Gasteiger partial charge is 0.119 e. The molecule has 0 aliphatic carbocycles. The van der Waals surface area contributed by atoms with E-state index >= 15 is 0 Å². The summed E-state index contributed by atoms with van der Waals surface area (Å²) in [5, 5.41) is 0. The first kappa shape index (κ1) is 18.0. The third-order valence-corrected chi connectivity index (χ3v) is 4.94. The SMILES string of the molecule is CCOc1ccc(CN2CCN(Cc3ccc(CC)cc3)CC2)cc1. The van der Waals surface area contributed by atoms with Crippen molar-refractivity contribution in [3.8, 4) is 5.75 Å². The molecule has 0 unspecified atom stereocenters. The van der Waals surface area contributed by atoms with E-state index in [1.165, 1.54) is 16.7 Å². The van der Waals surface area contributed by atoms with E-state index in [4.69, 9.17) is 4.74 Å². The van der Waals surface area contributed by atoms with Gasteiger partial charge < -0.3 is 4.74 Å². The lowest BCUT2D eigenvalue weighted by Gasteiger charge is -2.34. The van der Waals surface area contributed by atoms with Gasteiger partial charge in [-0.2, -0.15) is 0 Å². The molecule has 0 aromatic heterocycles. The molecule has 2 aromatic carbocycles. The maximum absolute atomic E-state index is 5.52. The van der Waals surface area contributed by atoms with E-state index in [-0.39, 0.29) is 0 Å². The van der Waals surface area contributed by atoms with Gasteiger partial charge in [-0.1, -0.05) is 43.3 Å². The molecule has 1 fully saturated rings. The van der Waals surface area contributed by atoms with Crippen molar-refractivity contribution in [2.45, 2.75) is 33.4 Å². The Kier molecular flexibility index (Phi) is 6.48. The lowest BCUT2D eigenvalue weighted by molar-refractivity contribution is 0.122. The Labute approximate surface area is 152 Å². The van der Waals surface area contributed by atoms with Crippen LogP contribution in [0, 0.1) is 0 Å². The molecule has 1 saturated heterocycles. The van der Waals surface area contributed by atoms with Gasteiger partial charge in [-0.3, -0.25) is 9.80 Å². The summed E-state index contributed by atoms with van der Waals surface area (Å²) >= 11 is 0. The second kappa shape index (κ2) is 9.02. The third kappa shape index (κ3) is 5.32. The summed E-state index contributed by atoms with van der Waals surface area (Å²) in [5.41, 5.74) is 4.22. The third-order valence-electron chi connectivity index (χ3n) is 4.94. The average Bonchev–Trinajstić information content (AvgIpc) is 2.66. The predicted octanol–water partition coefficient (Wildman–Crippen LogP) is 3.97. The number of rotatable bonds is 7. The highest BCUT2D eigenvalue weighted by Gasteiger charge is 2.17. The van der Waals surface area contributed by atoms with Crippen LogP contribution in [0.3, 0.4) is 0 Å². The van der Waals surface area contributed by atoms with Crippen LogP contribution in [0.2, 0.25) is 0 Å². The number of hydrogen-bond donors (Lipinski definition) is 0. The minimum Gasteiger partial charge on any atom is -0.494 e. The van der Waals surface area contributed by atoms with Gasteiger partial charge in [0.1, 0.15) is 5.75 Å². The molecule has 1 aliphatic heterocycles. The van der Waals surface area contributed by atoms with Gasteiger partial charge in [0.2, 0.25) is 0 Å². The van der Waals surface area contributed by atoms with Crippen LogP contribution in [0.15, 0.2) is 48.5 Å². The van der Waals surface area contributed by atoms with Crippen molar-refractivity contribution in [2.75, 3.05) is 32.8 Å². The number of aryl methyl sites for hydroxylation is 1. The molecular formula is C22H30N2O. The fourth-order valence-corrected chi connectivity index (χ4v) is 3.36.